The Balaban J connectivity index is 1.41. The minimum Gasteiger partial charge on any atom is -0.462 e. The predicted molar refractivity (Wildman–Crippen MR) is 270 cm³/mol. The summed E-state index contributed by atoms with van der Waals surface area (Å²) in [4.78, 5) is 61.9. The number of unbranched alkanes of at least 4 members (excludes halogenated alkanes) is 14. The number of hydrogen-bond donors (Lipinski definition) is 5. The highest BCUT2D eigenvalue weighted by Crippen LogP contribution is 2.60. The Hall–Kier alpha value is -3.06. The average Bonchev–Trinajstić information content (AvgIpc) is 4.00. The van der Waals surface area contributed by atoms with E-state index in [1.165, 1.54) is 76.7 Å². The van der Waals surface area contributed by atoms with Crippen molar-refractivity contribution in [2.24, 2.45) is 5.92 Å². The molecule has 4 unspecified atom stereocenters. The Labute approximate surface area is 421 Å². The molecule has 21 heteroatoms. The molecule has 0 spiro atoms. The number of aliphatic hydroxyl groups excluding tert-OH is 2. The number of hydrogen-bond acceptors (Lipinski definition) is 16. The van der Waals surface area contributed by atoms with Crippen molar-refractivity contribution in [3.8, 4) is 0 Å². The van der Waals surface area contributed by atoms with Gasteiger partial charge in [0.15, 0.2) is 12.3 Å². The van der Waals surface area contributed by atoms with Crippen LogP contribution in [0.15, 0.2) is 53.5 Å². The van der Waals surface area contributed by atoms with Gasteiger partial charge in [-0.05, 0) is 56.9 Å². The van der Waals surface area contributed by atoms with E-state index >= 15 is 0 Å². The van der Waals surface area contributed by atoms with Crippen LogP contribution in [0.25, 0.3) is 0 Å². The van der Waals surface area contributed by atoms with Crippen LogP contribution in [-0.2, 0) is 51.0 Å². The third kappa shape index (κ3) is 28.3. The summed E-state index contributed by atoms with van der Waals surface area (Å²) in [7, 11) is -10.9. The van der Waals surface area contributed by atoms with Crippen LogP contribution in [-0.4, -0.2) is 97.9 Å². The molecule has 0 amide bonds. The summed E-state index contributed by atoms with van der Waals surface area (Å²) in [5.74, 6) is -0.590. The summed E-state index contributed by atoms with van der Waals surface area (Å²) in [6.45, 7) is 4.38. The Morgan fingerprint density at radius 1 is 0.746 bits per heavy atom. The van der Waals surface area contributed by atoms with Crippen molar-refractivity contribution >= 4 is 33.4 Å². The maximum absolute atomic E-state index is 12.9. The Morgan fingerprint density at radius 2 is 1.35 bits per heavy atom. The molecule has 71 heavy (non-hydrogen) atoms. The van der Waals surface area contributed by atoms with Gasteiger partial charge in [0.05, 0.1) is 25.4 Å². The van der Waals surface area contributed by atoms with E-state index in [4.69, 9.17) is 33.7 Å². The van der Waals surface area contributed by atoms with Gasteiger partial charge in [0.25, 0.3) is 0 Å². The van der Waals surface area contributed by atoms with E-state index in [0.717, 1.165) is 68.0 Å². The van der Waals surface area contributed by atoms with E-state index < -0.39 is 83.7 Å². The minimum absolute atomic E-state index is 0.0287. The first kappa shape index (κ1) is 62.2. The van der Waals surface area contributed by atoms with Gasteiger partial charge in [-0.25, -0.2) is 13.9 Å². The van der Waals surface area contributed by atoms with Crippen LogP contribution >= 0.6 is 15.6 Å². The summed E-state index contributed by atoms with van der Waals surface area (Å²) in [5.41, 5.74) is 4.59. The summed E-state index contributed by atoms with van der Waals surface area (Å²) in [6.07, 6.45) is 29.9. The first-order valence-corrected chi connectivity index (χ1v) is 29.0. The number of allylic oxidation sites excluding steroid dienone is 5. The third-order valence-corrected chi connectivity index (χ3v) is 14.7. The van der Waals surface area contributed by atoms with Gasteiger partial charge in [-0.2, -0.15) is 9.29 Å². The van der Waals surface area contributed by atoms with Gasteiger partial charge in [-0.1, -0.05) is 154 Å². The highest BCUT2D eigenvalue weighted by Gasteiger charge is 2.46. The molecule has 0 radical (unpaired) electrons. The van der Waals surface area contributed by atoms with Gasteiger partial charge in [0.2, 0.25) is 0 Å². The fraction of sp³-hybridized carbons (Fsp3) is 0.760. The number of carbonyl (C=O) groups excluding carboxylic acids is 2. The van der Waals surface area contributed by atoms with Crippen LogP contribution in [0, 0.1) is 5.92 Å². The smallest absolute Gasteiger partial charge is 0.462 e. The minimum atomic E-state index is -5.44. The van der Waals surface area contributed by atoms with Crippen LogP contribution in [0.1, 0.15) is 181 Å². The number of carbonyl (C=O) groups is 2. The molecule has 3 rings (SSSR count). The first-order valence-electron chi connectivity index (χ1n) is 26.0. The van der Waals surface area contributed by atoms with Gasteiger partial charge in [-0.3, -0.25) is 23.2 Å². The van der Waals surface area contributed by atoms with Crippen molar-refractivity contribution in [2.75, 3.05) is 25.6 Å². The standard InChI is InChI=1S/C50H85N3O16P2/c1-4-5-24-30-41-42(67-41)31-26-21-17-13-10-11-15-19-23-28-33-46(55)66-40(36-63-45(54)32-27-22-18-14-9-7-6-8-12-16-20-25-29-39(2)3)37-64-70(59,60)69-71(61,62)65-38-43-47(56)48(57)49(68-43)53-35-34-44(51)52-50(53)58/h10,13,15,19,21,26,34-35,39-43,47-49,56-57H,4-9,11-12,14,16-18,20,22-25,27-33,36-38H2,1-3H3,(H,59,60)(H,61,62)(H2,51,52,58)/b13-10-,19-15-,26-21-/t40-,41?,42?,43-,47-,48-,49-/m1/s1. The van der Waals surface area contributed by atoms with Gasteiger partial charge in [0.1, 0.15) is 30.7 Å². The van der Waals surface area contributed by atoms with E-state index in [1.807, 2.05) is 12.2 Å². The Bertz CT molecular complexity index is 1910. The number of phosphoric acid groups is 2. The second kappa shape index (κ2) is 35.2. The predicted octanol–water partition coefficient (Wildman–Crippen LogP) is 9.62. The molecule has 2 saturated heterocycles. The number of aromatic nitrogens is 2. The van der Waals surface area contributed by atoms with E-state index in [1.54, 1.807) is 0 Å². The lowest BCUT2D eigenvalue weighted by Crippen LogP contribution is -2.36. The normalized spacial score (nSPS) is 22.4. The fourth-order valence-corrected chi connectivity index (χ4v) is 10.0. The van der Waals surface area contributed by atoms with Crippen molar-refractivity contribution in [1.29, 1.82) is 0 Å². The molecule has 2 fully saturated rings. The van der Waals surface area contributed by atoms with Crippen molar-refractivity contribution < 1.29 is 71.0 Å². The zero-order chi connectivity index (χ0) is 51.9. The molecule has 9 atom stereocenters. The van der Waals surface area contributed by atoms with Crippen LogP contribution in [0.5, 0.6) is 0 Å². The van der Waals surface area contributed by atoms with Crippen LogP contribution in [0.3, 0.4) is 0 Å². The lowest BCUT2D eigenvalue weighted by atomic mass is 10.0. The number of nitrogen functional groups attached to an aromatic ring is 1. The van der Waals surface area contributed by atoms with Crippen LogP contribution in [0.4, 0.5) is 5.82 Å². The van der Waals surface area contributed by atoms with Gasteiger partial charge < -0.3 is 44.7 Å². The molecule has 0 aromatic carbocycles. The topological polar surface area (TPSA) is 278 Å². The summed E-state index contributed by atoms with van der Waals surface area (Å²) in [5, 5.41) is 20.9. The number of rotatable bonds is 41. The fourth-order valence-electron chi connectivity index (χ4n) is 7.94. The number of nitrogens with zero attached hydrogens (tertiary/aromatic N) is 2. The summed E-state index contributed by atoms with van der Waals surface area (Å²) < 4.78 is 62.5. The largest absolute Gasteiger partial charge is 0.481 e. The Morgan fingerprint density at radius 3 is 2.00 bits per heavy atom. The number of anilines is 1. The molecule has 0 saturated carbocycles. The second-order valence-corrected chi connectivity index (χ2v) is 21.9. The lowest BCUT2D eigenvalue weighted by molar-refractivity contribution is -0.161. The molecule has 0 aliphatic carbocycles. The number of esters is 2. The first-order chi connectivity index (χ1) is 34.0. The van der Waals surface area contributed by atoms with E-state index in [0.29, 0.717) is 31.5 Å². The number of phosphoric ester groups is 2. The number of ether oxygens (including phenoxy) is 4. The highest BCUT2D eigenvalue weighted by molar-refractivity contribution is 7.61. The highest BCUT2D eigenvalue weighted by atomic mass is 31.3. The maximum Gasteiger partial charge on any atom is 0.481 e. The quantitative estimate of drug-likeness (QED) is 0.0134. The van der Waals surface area contributed by atoms with E-state index in [9.17, 15) is 43.5 Å². The SMILES string of the molecule is CCCCCC1OC1C/C=C\C/C=C\C/C=C\CCCC(=O)O[C@H](COC(=O)CCCCCCCCCCCCCCC(C)C)COP(=O)(O)OP(=O)(O)OC[C@H]1O[C@@H](n2ccc(N)nc2=O)[C@H](O)[C@@H]1O. The lowest BCUT2D eigenvalue weighted by Gasteiger charge is -2.21. The molecule has 0 bridgehead atoms. The molecule has 3 heterocycles. The van der Waals surface area contributed by atoms with Crippen molar-refractivity contribution in [3.05, 3.63) is 59.2 Å². The molecule has 406 valence electrons. The zero-order valence-electron chi connectivity index (χ0n) is 42.4. The molecule has 2 aliphatic heterocycles. The van der Waals surface area contributed by atoms with Crippen molar-refractivity contribution in [1.82, 2.24) is 9.55 Å². The third-order valence-electron chi connectivity index (χ3n) is 12.1. The van der Waals surface area contributed by atoms with Gasteiger partial charge in [0, 0.05) is 19.0 Å². The van der Waals surface area contributed by atoms with E-state index in [-0.39, 0.29) is 18.7 Å². The van der Waals surface area contributed by atoms with Crippen LogP contribution in [0.2, 0.25) is 0 Å². The number of nitrogens with two attached hydrogens (primary N) is 1. The molecular weight excluding hydrogens is 961 g/mol. The Kier molecular flexibility index (Phi) is 30.9. The van der Waals surface area contributed by atoms with Crippen molar-refractivity contribution in [3.63, 3.8) is 0 Å². The molecule has 19 nitrogen and oxygen atoms in total. The molecule has 6 N–H and O–H groups in total. The average molecular weight is 1050 g/mol. The maximum atomic E-state index is 12.9. The molecule has 1 aromatic rings. The van der Waals surface area contributed by atoms with Crippen molar-refractivity contribution in [2.45, 2.75) is 218 Å². The number of epoxide rings is 1. The van der Waals surface area contributed by atoms with Crippen LogP contribution < -0.4 is 11.4 Å². The zero-order valence-corrected chi connectivity index (χ0v) is 44.2. The number of aliphatic hydroxyl groups is 2. The second-order valence-electron chi connectivity index (χ2n) is 18.9. The summed E-state index contributed by atoms with van der Waals surface area (Å²) >= 11 is 0. The monoisotopic (exact) mass is 1050 g/mol. The summed E-state index contributed by atoms with van der Waals surface area (Å²) in [6, 6.07) is 1.24. The molecular formula is C50H85N3O16P2. The van der Waals surface area contributed by atoms with E-state index in [2.05, 4.69) is 54.4 Å². The molecule has 1 aromatic heterocycles. The van der Waals surface area contributed by atoms with Gasteiger partial charge >= 0.3 is 33.3 Å². The molecule has 2 aliphatic rings. The van der Waals surface area contributed by atoms with Gasteiger partial charge in [-0.15, -0.1) is 0 Å².